The molecule has 1 N–H and O–H groups in total. The number of para-hydroxylation sites is 1. The van der Waals surface area contributed by atoms with Crippen molar-refractivity contribution in [3.63, 3.8) is 0 Å². The van der Waals surface area contributed by atoms with Crippen LogP contribution in [-0.2, 0) is 4.84 Å². The molecule has 18 heavy (non-hydrogen) atoms. The normalized spacial score (nSPS) is 10.6. The first-order chi connectivity index (χ1) is 8.78. The second-order valence-corrected chi connectivity index (χ2v) is 3.67. The summed E-state index contributed by atoms with van der Waals surface area (Å²) in [7, 11) is 1.49. The van der Waals surface area contributed by atoms with Crippen LogP contribution in [0.3, 0.4) is 0 Å². The number of anilines is 2. The van der Waals surface area contributed by atoms with Crippen molar-refractivity contribution in [2.45, 2.75) is 6.92 Å². The van der Waals surface area contributed by atoms with E-state index in [0.717, 1.165) is 11.4 Å². The van der Waals surface area contributed by atoms with Crippen LogP contribution >= 0.6 is 0 Å². The largest absolute Gasteiger partial charge is 0.399 e. The lowest BCUT2D eigenvalue weighted by Crippen LogP contribution is -2.01. The summed E-state index contributed by atoms with van der Waals surface area (Å²) in [6.07, 6.45) is 1.55. The molecule has 0 amide bonds. The van der Waals surface area contributed by atoms with Gasteiger partial charge in [0.1, 0.15) is 7.11 Å². The molecule has 0 aliphatic heterocycles. The zero-order valence-electron chi connectivity index (χ0n) is 10.3. The van der Waals surface area contributed by atoms with E-state index in [0.29, 0.717) is 11.6 Å². The fraction of sp³-hybridized carbons (Fsp3) is 0.154. The van der Waals surface area contributed by atoms with Crippen molar-refractivity contribution in [1.29, 1.82) is 0 Å². The summed E-state index contributed by atoms with van der Waals surface area (Å²) in [5.74, 6) is 0.541. The van der Waals surface area contributed by atoms with Crippen LogP contribution < -0.4 is 5.32 Å². The van der Waals surface area contributed by atoms with Crippen LogP contribution in [0.1, 0.15) is 11.4 Å². The predicted molar refractivity (Wildman–Crippen MR) is 71.1 cm³/mol. The van der Waals surface area contributed by atoms with E-state index in [2.05, 4.69) is 25.3 Å². The maximum Gasteiger partial charge on any atom is 0.228 e. The minimum atomic E-state index is 0.541. The maximum atomic E-state index is 4.63. The van der Waals surface area contributed by atoms with E-state index in [1.165, 1.54) is 7.11 Å². The van der Waals surface area contributed by atoms with Crippen molar-refractivity contribution in [3.05, 3.63) is 47.8 Å². The van der Waals surface area contributed by atoms with Gasteiger partial charge in [-0.25, -0.2) is 9.97 Å². The molecule has 2 rings (SSSR count). The smallest absolute Gasteiger partial charge is 0.228 e. The fourth-order valence-electron chi connectivity index (χ4n) is 1.47. The Hall–Kier alpha value is -2.43. The monoisotopic (exact) mass is 242 g/mol. The van der Waals surface area contributed by atoms with Crippen LogP contribution in [0.15, 0.2) is 41.6 Å². The van der Waals surface area contributed by atoms with Crippen LogP contribution in [0.2, 0.25) is 0 Å². The number of aryl methyl sites for hydroxylation is 1. The van der Waals surface area contributed by atoms with Gasteiger partial charge >= 0.3 is 0 Å². The molecule has 0 aliphatic rings. The van der Waals surface area contributed by atoms with Crippen molar-refractivity contribution in [1.82, 2.24) is 9.97 Å². The molecule has 1 aromatic heterocycles. The topological polar surface area (TPSA) is 59.4 Å². The number of aromatic nitrogens is 2. The van der Waals surface area contributed by atoms with Crippen molar-refractivity contribution in [2.75, 3.05) is 12.4 Å². The molecule has 0 spiro atoms. The first-order valence-corrected chi connectivity index (χ1v) is 5.52. The maximum absolute atomic E-state index is 4.63. The Balaban J connectivity index is 2.23. The zero-order chi connectivity index (χ0) is 12.8. The second-order valence-electron chi connectivity index (χ2n) is 3.67. The summed E-state index contributed by atoms with van der Waals surface area (Å²) in [5, 5.41) is 6.83. The zero-order valence-corrected chi connectivity index (χ0v) is 10.3. The van der Waals surface area contributed by atoms with Crippen LogP contribution in [0.5, 0.6) is 0 Å². The van der Waals surface area contributed by atoms with Gasteiger partial charge in [-0.15, -0.1) is 0 Å². The van der Waals surface area contributed by atoms with Gasteiger partial charge in [-0.3, -0.25) is 0 Å². The quantitative estimate of drug-likeness (QED) is 0.661. The molecule has 0 aliphatic carbocycles. The standard InChI is InChI=1S/C13H14N4O/c1-10-8-12(9-14-18-2)17-13(15-10)16-11-6-4-3-5-7-11/h3-9H,1-2H3,(H,15,16,17)/b14-9+. The average Bonchev–Trinajstić information content (AvgIpc) is 2.37. The lowest BCUT2D eigenvalue weighted by atomic mass is 10.3. The number of nitrogens with zero attached hydrogens (tertiary/aromatic N) is 3. The molecule has 0 fully saturated rings. The van der Waals surface area contributed by atoms with Gasteiger partial charge in [0.2, 0.25) is 5.95 Å². The molecule has 1 heterocycles. The third kappa shape index (κ3) is 3.28. The number of hydrogen-bond acceptors (Lipinski definition) is 5. The number of oxime groups is 1. The molecule has 0 saturated heterocycles. The highest BCUT2D eigenvalue weighted by atomic mass is 16.6. The van der Waals surface area contributed by atoms with Crippen LogP contribution in [0.25, 0.3) is 0 Å². The Morgan fingerprint density at radius 3 is 2.72 bits per heavy atom. The van der Waals surface area contributed by atoms with Crippen molar-refractivity contribution in [3.8, 4) is 0 Å². The lowest BCUT2D eigenvalue weighted by molar-refractivity contribution is 0.215. The van der Waals surface area contributed by atoms with Gasteiger partial charge in [-0.05, 0) is 25.1 Å². The average molecular weight is 242 g/mol. The Kier molecular flexibility index (Phi) is 3.86. The highest BCUT2D eigenvalue weighted by Gasteiger charge is 2.01. The summed E-state index contributed by atoms with van der Waals surface area (Å²) in [6, 6.07) is 11.6. The molecule has 2 aromatic rings. The Morgan fingerprint density at radius 2 is 2.00 bits per heavy atom. The molecule has 92 valence electrons. The van der Waals surface area contributed by atoms with Crippen molar-refractivity contribution < 1.29 is 4.84 Å². The minimum Gasteiger partial charge on any atom is -0.399 e. The predicted octanol–water partition coefficient (Wildman–Crippen LogP) is 2.51. The molecule has 5 heteroatoms. The van der Waals surface area contributed by atoms with Crippen molar-refractivity contribution in [2.24, 2.45) is 5.16 Å². The molecular weight excluding hydrogens is 228 g/mol. The van der Waals surface area contributed by atoms with Gasteiger partial charge < -0.3 is 10.2 Å². The third-order valence-electron chi connectivity index (χ3n) is 2.19. The van der Waals surface area contributed by atoms with E-state index >= 15 is 0 Å². The lowest BCUT2D eigenvalue weighted by Gasteiger charge is -2.05. The van der Waals surface area contributed by atoms with Crippen LogP contribution in [0, 0.1) is 6.92 Å². The highest BCUT2D eigenvalue weighted by Crippen LogP contribution is 2.12. The number of nitrogens with one attached hydrogen (secondary N) is 1. The third-order valence-corrected chi connectivity index (χ3v) is 2.19. The summed E-state index contributed by atoms with van der Waals surface area (Å²) >= 11 is 0. The first-order valence-electron chi connectivity index (χ1n) is 5.52. The van der Waals surface area contributed by atoms with Crippen molar-refractivity contribution >= 4 is 17.9 Å². The number of hydrogen-bond donors (Lipinski definition) is 1. The summed E-state index contributed by atoms with van der Waals surface area (Å²) in [6.45, 7) is 1.90. The molecule has 0 radical (unpaired) electrons. The Labute approximate surface area is 106 Å². The van der Waals surface area contributed by atoms with E-state index in [9.17, 15) is 0 Å². The summed E-state index contributed by atoms with van der Waals surface area (Å²) in [4.78, 5) is 13.3. The summed E-state index contributed by atoms with van der Waals surface area (Å²) in [5.41, 5.74) is 2.50. The second kappa shape index (κ2) is 5.77. The molecular formula is C13H14N4O. The van der Waals surface area contributed by atoms with E-state index in [4.69, 9.17) is 0 Å². The molecule has 5 nitrogen and oxygen atoms in total. The van der Waals surface area contributed by atoms with Gasteiger partial charge in [0.05, 0.1) is 11.9 Å². The summed E-state index contributed by atoms with van der Waals surface area (Å²) < 4.78 is 0. The first kappa shape index (κ1) is 12.0. The fourth-order valence-corrected chi connectivity index (χ4v) is 1.47. The Morgan fingerprint density at radius 1 is 1.22 bits per heavy atom. The molecule has 1 aromatic carbocycles. The minimum absolute atomic E-state index is 0.541. The SMILES string of the molecule is CO/N=C/c1cc(C)nc(Nc2ccccc2)n1. The van der Waals surface area contributed by atoms with E-state index < -0.39 is 0 Å². The van der Waals surface area contributed by atoms with Gasteiger partial charge in [0.15, 0.2) is 0 Å². The Bertz CT molecular complexity index is 540. The molecule has 0 saturated carbocycles. The van der Waals surface area contributed by atoms with Crippen LogP contribution in [-0.4, -0.2) is 23.3 Å². The van der Waals surface area contributed by atoms with Gasteiger partial charge in [-0.2, -0.15) is 0 Å². The highest BCUT2D eigenvalue weighted by molar-refractivity contribution is 5.77. The number of rotatable bonds is 4. The van der Waals surface area contributed by atoms with E-state index in [-0.39, 0.29) is 0 Å². The van der Waals surface area contributed by atoms with E-state index in [1.54, 1.807) is 6.21 Å². The molecule has 0 unspecified atom stereocenters. The number of benzene rings is 1. The van der Waals surface area contributed by atoms with E-state index in [1.807, 2.05) is 43.3 Å². The van der Waals surface area contributed by atoms with Crippen LogP contribution in [0.4, 0.5) is 11.6 Å². The molecule has 0 atom stereocenters. The van der Waals surface area contributed by atoms with Gasteiger partial charge in [0.25, 0.3) is 0 Å². The molecule has 0 bridgehead atoms. The van der Waals surface area contributed by atoms with Gasteiger partial charge in [0, 0.05) is 11.4 Å². The van der Waals surface area contributed by atoms with Gasteiger partial charge in [-0.1, -0.05) is 23.4 Å².